The number of likely N-dealkylation sites (N-methyl/N-ethyl adjacent to an activating group) is 1. The van der Waals surface area contributed by atoms with Gasteiger partial charge in [0.2, 0.25) is 0 Å². The zero-order valence-electron chi connectivity index (χ0n) is 11.8. The first-order valence-electron chi connectivity index (χ1n) is 6.90. The highest BCUT2D eigenvalue weighted by atomic mass is 16.3. The number of rotatable bonds is 5. The molecule has 2 rings (SSSR count). The summed E-state index contributed by atoms with van der Waals surface area (Å²) in [6.07, 6.45) is 1.80. The van der Waals surface area contributed by atoms with Crippen LogP contribution in [0.25, 0.3) is 0 Å². The average molecular weight is 251 g/mol. The van der Waals surface area contributed by atoms with E-state index in [1.165, 1.54) is 12.1 Å². The maximum absolute atomic E-state index is 5.61. The summed E-state index contributed by atoms with van der Waals surface area (Å²) in [6.45, 7) is 11.0. The SMILES string of the molecule is CCN1CCN(Cc2occc2CNC)CC1C. The summed E-state index contributed by atoms with van der Waals surface area (Å²) < 4.78 is 5.61. The summed E-state index contributed by atoms with van der Waals surface area (Å²) in [5.74, 6) is 1.11. The minimum Gasteiger partial charge on any atom is -0.468 e. The van der Waals surface area contributed by atoms with E-state index in [1.54, 1.807) is 6.26 Å². The monoisotopic (exact) mass is 251 g/mol. The van der Waals surface area contributed by atoms with Gasteiger partial charge in [-0.05, 0) is 26.6 Å². The van der Waals surface area contributed by atoms with Crippen LogP contribution in [0.5, 0.6) is 0 Å². The van der Waals surface area contributed by atoms with Gasteiger partial charge in [-0.25, -0.2) is 0 Å². The van der Waals surface area contributed by atoms with E-state index in [-0.39, 0.29) is 0 Å². The van der Waals surface area contributed by atoms with Crippen molar-refractivity contribution < 1.29 is 4.42 Å². The zero-order valence-corrected chi connectivity index (χ0v) is 11.8. The van der Waals surface area contributed by atoms with Crippen LogP contribution in [0.15, 0.2) is 16.7 Å². The summed E-state index contributed by atoms with van der Waals surface area (Å²) in [5, 5.41) is 3.19. The Morgan fingerprint density at radius 1 is 1.44 bits per heavy atom. The molecular weight excluding hydrogens is 226 g/mol. The van der Waals surface area contributed by atoms with Crippen LogP contribution in [0.4, 0.5) is 0 Å². The van der Waals surface area contributed by atoms with Crippen molar-refractivity contribution in [2.45, 2.75) is 33.0 Å². The van der Waals surface area contributed by atoms with Gasteiger partial charge in [0.25, 0.3) is 0 Å². The molecule has 1 aromatic heterocycles. The van der Waals surface area contributed by atoms with Gasteiger partial charge >= 0.3 is 0 Å². The predicted molar refractivity (Wildman–Crippen MR) is 73.5 cm³/mol. The number of hydrogen-bond donors (Lipinski definition) is 1. The van der Waals surface area contributed by atoms with Gasteiger partial charge in [0, 0.05) is 37.8 Å². The third-order valence-electron chi connectivity index (χ3n) is 3.83. The van der Waals surface area contributed by atoms with Gasteiger partial charge in [-0.2, -0.15) is 0 Å². The van der Waals surface area contributed by atoms with E-state index in [4.69, 9.17) is 4.42 Å². The lowest BCUT2D eigenvalue weighted by Gasteiger charge is -2.39. The van der Waals surface area contributed by atoms with Gasteiger partial charge < -0.3 is 9.73 Å². The smallest absolute Gasteiger partial charge is 0.122 e. The Morgan fingerprint density at radius 2 is 2.28 bits per heavy atom. The molecule has 1 N–H and O–H groups in total. The highest BCUT2D eigenvalue weighted by Gasteiger charge is 2.23. The highest BCUT2D eigenvalue weighted by Crippen LogP contribution is 2.16. The van der Waals surface area contributed by atoms with Crippen molar-refractivity contribution in [3.63, 3.8) is 0 Å². The normalized spacial score (nSPS) is 22.5. The molecular formula is C14H25N3O. The zero-order chi connectivity index (χ0) is 13.0. The Kier molecular flexibility index (Phi) is 4.80. The molecule has 1 aromatic rings. The maximum atomic E-state index is 5.61. The number of nitrogens with zero attached hydrogens (tertiary/aromatic N) is 2. The maximum Gasteiger partial charge on any atom is 0.122 e. The van der Waals surface area contributed by atoms with Crippen LogP contribution in [0.1, 0.15) is 25.2 Å². The number of hydrogen-bond acceptors (Lipinski definition) is 4. The summed E-state index contributed by atoms with van der Waals surface area (Å²) in [5.41, 5.74) is 1.28. The van der Waals surface area contributed by atoms with Crippen molar-refractivity contribution in [3.05, 3.63) is 23.7 Å². The topological polar surface area (TPSA) is 31.6 Å². The molecule has 1 aliphatic rings. The molecule has 2 heterocycles. The molecule has 0 aromatic carbocycles. The van der Waals surface area contributed by atoms with Gasteiger partial charge in [-0.15, -0.1) is 0 Å². The van der Waals surface area contributed by atoms with Crippen LogP contribution in [-0.2, 0) is 13.1 Å². The molecule has 1 fully saturated rings. The molecule has 0 saturated carbocycles. The fourth-order valence-corrected chi connectivity index (χ4v) is 2.74. The fraction of sp³-hybridized carbons (Fsp3) is 0.714. The van der Waals surface area contributed by atoms with E-state index >= 15 is 0 Å². The molecule has 4 heteroatoms. The Hall–Kier alpha value is -0.840. The minimum absolute atomic E-state index is 0.645. The second-order valence-electron chi connectivity index (χ2n) is 5.11. The fourth-order valence-electron chi connectivity index (χ4n) is 2.74. The molecule has 0 radical (unpaired) electrons. The molecule has 0 aliphatic carbocycles. The van der Waals surface area contributed by atoms with Crippen molar-refractivity contribution in [1.29, 1.82) is 0 Å². The largest absolute Gasteiger partial charge is 0.468 e. The lowest BCUT2D eigenvalue weighted by Crippen LogP contribution is -2.51. The van der Waals surface area contributed by atoms with E-state index in [9.17, 15) is 0 Å². The Labute approximate surface area is 110 Å². The van der Waals surface area contributed by atoms with Gasteiger partial charge in [-0.3, -0.25) is 9.80 Å². The second kappa shape index (κ2) is 6.36. The van der Waals surface area contributed by atoms with Crippen LogP contribution >= 0.6 is 0 Å². The molecule has 18 heavy (non-hydrogen) atoms. The third kappa shape index (κ3) is 3.13. The molecule has 1 atom stereocenters. The van der Waals surface area contributed by atoms with Gasteiger partial charge in [0.05, 0.1) is 12.8 Å². The van der Waals surface area contributed by atoms with Crippen molar-refractivity contribution in [3.8, 4) is 0 Å². The standard InChI is InChI=1S/C14H25N3O/c1-4-17-7-6-16(10-12(17)2)11-14-13(9-15-3)5-8-18-14/h5,8,12,15H,4,6-7,9-11H2,1-3H3. The van der Waals surface area contributed by atoms with Crippen LogP contribution in [0.3, 0.4) is 0 Å². The lowest BCUT2D eigenvalue weighted by atomic mass is 10.1. The van der Waals surface area contributed by atoms with E-state index < -0.39 is 0 Å². The number of nitrogens with one attached hydrogen (secondary N) is 1. The van der Waals surface area contributed by atoms with E-state index in [0.29, 0.717) is 6.04 Å². The van der Waals surface area contributed by atoms with Crippen LogP contribution in [0, 0.1) is 0 Å². The Bertz CT molecular complexity index is 364. The third-order valence-corrected chi connectivity index (χ3v) is 3.83. The Balaban J connectivity index is 1.92. The molecule has 102 valence electrons. The molecule has 1 unspecified atom stereocenters. The molecule has 1 saturated heterocycles. The molecule has 0 spiro atoms. The predicted octanol–water partition coefficient (Wildman–Crippen LogP) is 1.52. The van der Waals surface area contributed by atoms with Crippen molar-refractivity contribution in [2.24, 2.45) is 0 Å². The first-order valence-corrected chi connectivity index (χ1v) is 6.90. The van der Waals surface area contributed by atoms with Crippen LogP contribution < -0.4 is 5.32 Å². The average Bonchev–Trinajstić information content (AvgIpc) is 2.78. The quantitative estimate of drug-likeness (QED) is 0.860. The lowest BCUT2D eigenvalue weighted by molar-refractivity contribution is 0.0787. The van der Waals surface area contributed by atoms with Crippen molar-refractivity contribution in [1.82, 2.24) is 15.1 Å². The van der Waals surface area contributed by atoms with Crippen molar-refractivity contribution in [2.75, 3.05) is 33.2 Å². The first-order chi connectivity index (χ1) is 8.74. The highest BCUT2D eigenvalue weighted by molar-refractivity contribution is 5.16. The molecule has 1 aliphatic heterocycles. The molecule has 0 amide bonds. The number of furan rings is 1. The van der Waals surface area contributed by atoms with Gasteiger partial charge in [-0.1, -0.05) is 6.92 Å². The summed E-state index contributed by atoms with van der Waals surface area (Å²) in [7, 11) is 1.97. The molecule has 4 nitrogen and oxygen atoms in total. The van der Waals surface area contributed by atoms with Crippen LogP contribution in [0.2, 0.25) is 0 Å². The van der Waals surface area contributed by atoms with Crippen molar-refractivity contribution >= 4 is 0 Å². The molecule has 0 bridgehead atoms. The van der Waals surface area contributed by atoms with Gasteiger partial charge in [0.1, 0.15) is 5.76 Å². The summed E-state index contributed by atoms with van der Waals surface area (Å²) in [4.78, 5) is 5.03. The minimum atomic E-state index is 0.645. The van der Waals surface area contributed by atoms with E-state index in [0.717, 1.165) is 38.5 Å². The van der Waals surface area contributed by atoms with Gasteiger partial charge in [0.15, 0.2) is 0 Å². The first kappa shape index (κ1) is 13.6. The van der Waals surface area contributed by atoms with Crippen LogP contribution in [-0.4, -0.2) is 49.1 Å². The second-order valence-corrected chi connectivity index (χ2v) is 5.11. The summed E-state index contributed by atoms with van der Waals surface area (Å²) in [6, 6.07) is 2.71. The summed E-state index contributed by atoms with van der Waals surface area (Å²) >= 11 is 0. The number of piperazine rings is 1. The van der Waals surface area contributed by atoms with E-state index in [1.807, 2.05) is 7.05 Å². The van der Waals surface area contributed by atoms with E-state index in [2.05, 4.69) is 35.0 Å². The Morgan fingerprint density at radius 3 is 2.94 bits per heavy atom.